The zero-order valence-electron chi connectivity index (χ0n) is 10.1. The van der Waals surface area contributed by atoms with Crippen molar-refractivity contribution in [2.75, 3.05) is 36.6 Å². The highest BCUT2D eigenvalue weighted by Gasteiger charge is 2.26. The normalized spacial score (nSPS) is 16.5. The standard InChI is InChI=1S/C10H11BrClN3O3S/c1-18-9(16)7-6(11)8(14-10(12)13-7)15-2-4-19(17)5-3-15/h2-5H2,1H3. The number of carbonyl (C=O) groups is 1. The fourth-order valence-electron chi connectivity index (χ4n) is 1.70. The molecule has 0 aliphatic carbocycles. The van der Waals surface area contributed by atoms with E-state index in [1.165, 1.54) is 7.11 Å². The Bertz CT molecular complexity index is 497. The predicted octanol–water partition coefficient (Wildman–Crippen LogP) is 1.25. The minimum absolute atomic E-state index is 0.0229. The van der Waals surface area contributed by atoms with E-state index < -0.39 is 17.1 Å². The van der Waals surface area contributed by atoms with Gasteiger partial charge in [0.1, 0.15) is 17.3 Å². The lowest BCUT2D eigenvalue weighted by Crippen LogP contribution is -2.41. The Morgan fingerprint density at radius 2 is 2.11 bits per heavy atom. The Balaban J connectivity index is 2.35. The van der Waals surface area contributed by atoms with Crippen molar-refractivity contribution < 1.29 is 14.1 Å². The summed E-state index contributed by atoms with van der Waals surface area (Å²) < 4.78 is 16.4. The average Bonchev–Trinajstić information content (AvgIpc) is 2.41. The van der Waals surface area contributed by atoms with E-state index in [4.69, 9.17) is 11.6 Å². The van der Waals surface area contributed by atoms with Crippen molar-refractivity contribution in [2.45, 2.75) is 0 Å². The third kappa shape index (κ3) is 3.31. The van der Waals surface area contributed by atoms with E-state index >= 15 is 0 Å². The van der Waals surface area contributed by atoms with Gasteiger partial charge in [0.15, 0.2) is 5.69 Å². The first kappa shape index (κ1) is 14.8. The van der Waals surface area contributed by atoms with Gasteiger partial charge in [0.25, 0.3) is 0 Å². The number of hydrogen-bond acceptors (Lipinski definition) is 6. The molecule has 1 aliphatic rings. The lowest BCUT2D eigenvalue weighted by Gasteiger charge is -2.29. The van der Waals surface area contributed by atoms with Gasteiger partial charge in [-0.15, -0.1) is 0 Å². The van der Waals surface area contributed by atoms with Crippen molar-refractivity contribution >= 4 is 50.5 Å². The second-order valence-electron chi connectivity index (χ2n) is 3.81. The molecule has 2 heterocycles. The number of anilines is 1. The molecule has 0 radical (unpaired) electrons. The number of esters is 1. The highest BCUT2D eigenvalue weighted by molar-refractivity contribution is 9.10. The molecule has 0 N–H and O–H groups in total. The van der Waals surface area contributed by atoms with Gasteiger partial charge in [0.2, 0.25) is 5.28 Å². The summed E-state index contributed by atoms with van der Waals surface area (Å²) in [7, 11) is 1.27. The van der Waals surface area contributed by atoms with Crippen LogP contribution < -0.4 is 4.90 Å². The van der Waals surface area contributed by atoms with Crippen molar-refractivity contribution in [3.63, 3.8) is 0 Å². The Hall–Kier alpha value is -0.570. The second-order valence-corrected chi connectivity index (χ2v) is 6.63. The molecule has 0 atom stereocenters. The molecule has 0 saturated carbocycles. The molecule has 1 fully saturated rings. The minimum Gasteiger partial charge on any atom is -0.616 e. The van der Waals surface area contributed by atoms with Crippen molar-refractivity contribution in [3.05, 3.63) is 15.5 Å². The van der Waals surface area contributed by atoms with Crippen LogP contribution in [-0.2, 0) is 15.9 Å². The average molecular weight is 369 g/mol. The highest BCUT2D eigenvalue weighted by Crippen LogP contribution is 2.29. The molecule has 1 aromatic heterocycles. The quantitative estimate of drug-likeness (QED) is 0.444. The highest BCUT2D eigenvalue weighted by atomic mass is 79.9. The maximum absolute atomic E-state index is 11.6. The first-order valence-electron chi connectivity index (χ1n) is 5.44. The second kappa shape index (κ2) is 6.25. The van der Waals surface area contributed by atoms with Gasteiger partial charge < -0.3 is 14.2 Å². The maximum Gasteiger partial charge on any atom is 0.358 e. The van der Waals surface area contributed by atoms with Crippen molar-refractivity contribution in [2.24, 2.45) is 0 Å². The van der Waals surface area contributed by atoms with Gasteiger partial charge in [-0.1, -0.05) is 11.2 Å². The summed E-state index contributed by atoms with van der Waals surface area (Å²) in [5, 5.41) is -0.0229. The summed E-state index contributed by atoms with van der Waals surface area (Å²) in [5.74, 6) is 1.08. The smallest absolute Gasteiger partial charge is 0.358 e. The van der Waals surface area contributed by atoms with Gasteiger partial charge in [-0.05, 0) is 27.5 Å². The van der Waals surface area contributed by atoms with E-state index in [-0.39, 0.29) is 11.0 Å². The Kier molecular flexibility index (Phi) is 4.88. The monoisotopic (exact) mass is 367 g/mol. The fourth-order valence-corrected chi connectivity index (χ4v) is 3.51. The first-order chi connectivity index (χ1) is 9.02. The SMILES string of the molecule is COC(=O)c1nc(Cl)nc(N2CC[S+]([O-])CC2)c1Br. The molecule has 0 aromatic carbocycles. The summed E-state index contributed by atoms with van der Waals surface area (Å²) in [5.41, 5.74) is 0.0872. The van der Waals surface area contributed by atoms with Crippen LogP contribution in [0.5, 0.6) is 0 Å². The van der Waals surface area contributed by atoms with Gasteiger partial charge in [0, 0.05) is 0 Å². The molecule has 2 rings (SSSR count). The summed E-state index contributed by atoms with van der Waals surface area (Å²) in [4.78, 5) is 21.5. The number of nitrogens with zero attached hydrogens (tertiary/aromatic N) is 3. The summed E-state index contributed by atoms with van der Waals surface area (Å²) >= 11 is 8.35. The van der Waals surface area contributed by atoms with Crippen LogP contribution in [-0.4, -0.2) is 52.2 Å². The third-order valence-electron chi connectivity index (χ3n) is 2.66. The topological polar surface area (TPSA) is 78.4 Å². The largest absolute Gasteiger partial charge is 0.616 e. The number of halogens is 2. The van der Waals surface area contributed by atoms with Crippen molar-refractivity contribution in [1.29, 1.82) is 0 Å². The van der Waals surface area contributed by atoms with Gasteiger partial charge in [-0.25, -0.2) is 9.78 Å². The summed E-state index contributed by atoms with van der Waals surface area (Å²) in [6, 6.07) is 0. The maximum atomic E-state index is 11.6. The van der Waals surface area contributed by atoms with Crippen molar-refractivity contribution in [1.82, 2.24) is 9.97 Å². The van der Waals surface area contributed by atoms with Crippen LogP contribution in [0.15, 0.2) is 4.47 Å². The molecule has 9 heteroatoms. The number of carbonyl (C=O) groups excluding carboxylic acids is 1. The lowest BCUT2D eigenvalue weighted by atomic mass is 10.3. The van der Waals surface area contributed by atoms with Gasteiger partial charge in [0.05, 0.1) is 24.7 Å². The number of aromatic nitrogens is 2. The number of methoxy groups -OCH3 is 1. The zero-order valence-corrected chi connectivity index (χ0v) is 13.2. The van der Waals surface area contributed by atoms with Crippen LogP contribution in [0.3, 0.4) is 0 Å². The van der Waals surface area contributed by atoms with Crippen molar-refractivity contribution in [3.8, 4) is 0 Å². The molecule has 1 aliphatic heterocycles. The molecule has 6 nitrogen and oxygen atoms in total. The molecule has 0 amide bonds. The Labute approximate surface area is 126 Å². The van der Waals surface area contributed by atoms with Crippen LogP contribution in [0.1, 0.15) is 10.5 Å². The number of hydrogen-bond donors (Lipinski definition) is 0. The van der Waals surface area contributed by atoms with Gasteiger partial charge in [-0.2, -0.15) is 4.98 Å². The zero-order chi connectivity index (χ0) is 14.0. The molecule has 1 aromatic rings. The van der Waals surface area contributed by atoms with E-state index in [2.05, 4.69) is 30.6 Å². The Morgan fingerprint density at radius 3 is 2.68 bits per heavy atom. The number of rotatable bonds is 2. The fraction of sp³-hybridized carbons (Fsp3) is 0.500. The van der Waals surface area contributed by atoms with E-state index in [9.17, 15) is 9.35 Å². The van der Waals surface area contributed by atoms with E-state index in [1.807, 2.05) is 4.90 Å². The molecular formula is C10H11BrClN3O3S. The molecule has 0 spiro atoms. The number of ether oxygens (including phenoxy) is 1. The first-order valence-corrected chi connectivity index (χ1v) is 8.10. The van der Waals surface area contributed by atoms with Crippen LogP contribution in [0.25, 0.3) is 0 Å². The van der Waals surface area contributed by atoms with Crippen LogP contribution in [0, 0.1) is 0 Å². The molecule has 104 valence electrons. The van der Waals surface area contributed by atoms with E-state index in [0.29, 0.717) is 34.9 Å². The summed E-state index contributed by atoms with van der Waals surface area (Å²) in [6.07, 6.45) is 0. The van der Waals surface area contributed by atoms with Gasteiger partial charge in [-0.3, -0.25) is 0 Å². The van der Waals surface area contributed by atoms with E-state index in [0.717, 1.165) is 0 Å². The molecule has 1 saturated heterocycles. The molecule has 0 unspecified atom stereocenters. The Morgan fingerprint density at radius 1 is 1.47 bits per heavy atom. The van der Waals surface area contributed by atoms with E-state index in [1.54, 1.807) is 0 Å². The van der Waals surface area contributed by atoms with Crippen LogP contribution in [0.4, 0.5) is 5.82 Å². The lowest BCUT2D eigenvalue weighted by molar-refractivity contribution is 0.0592. The van der Waals surface area contributed by atoms with Crippen LogP contribution >= 0.6 is 27.5 Å². The third-order valence-corrected chi connectivity index (χ3v) is 4.84. The van der Waals surface area contributed by atoms with Gasteiger partial charge >= 0.3 is 5.97 Å². The minimum atomic E-state index is -0.787. The summed E-state index contributed by atoms with van der Waals surface area (Å²) in [6.45, 7) is 1.19. The molecular weight excluding hydrogens is 358 g/mol. The predicted molar refractivity (Wildman–Crippen MR) is 76.2 cm³/mol. The molecule has 0 bridgehead atoms. The van der Waals surface area contributed by atoms with Crippen LogP contribution in [0.2, 0.25) is 5.28 Å². The molecule has 19 heavy (non-hydrogen) atoms.